The summed E-state index contributed by atoms with van der Waals surface area (Å²) in [5.74, 6) is 0.611. The molecular weight excluding hydrogens is 322 g/mol. The van der Waals surface area contributed by atoms with Crippen LogP contribution in [0.1, 0.15) is 12.5 Å². The van der Waals surface area contributed by atoms with E-state index in [2.05, 4.69) is 5.32 Å². The quantitative estimate of drug-likeness (QED) is 0.617. The minimum Gasteiger partial charge on any atom is -0.497 e. The fraction of sp³-hybridized carbons (Fsp3) is 0.278. The van der Waals surface area contributed by atoms with Crippen molar-refractivity contribution in [1.82, 2.24) is 4.90 Å². The number of nitrogens with one attached hydrogen (secondary N) is 1. The van der Waals surface area contributed by atoms with Gasteiger partial charge in [0.25, 0.3) is 5.69 Å². The number of amides is 1. The van der Waals surface area contributed by atoms with Crippen LogP contribution in [0, 0.1) is 10.1 Å². The molecule has 0 fully saturated rings. The summed E-state index contributed by atoms with van der Waals surface area (Å²) in [4.78, 5) is 24.5. The molecule has 0 spiro atoms. The maximum Gasteiger partial charge on any atom is 0.269 e. The van der Waals surface area contributed by atoms with E-state index in [1.165, 1.54) is 24.3 Å². The molecule has 0 aliphatic carbocycles. The normalized spacial score (nSPS) is 11.8. The fourth-order valence-electron chi connectivity index (χ4n) is 2.27. The minimum absolute atomic E-state index is 0.0114. The van der Waals surface area contributed by atoms with Crippen molar-refractivity contribution >= 4 is 17.3 Å². The molecule has 132 valence electrons. The summed E-state index contributed by atoms with van der Waals surface area (Å²) in [6.45, 7) is 2.42. The third-order valence-corrected chi connectivity index (χ3v) is 3.98. The fourth-order valence-corrected chi connectivity index (χ4v) is 2.27. The summed E-state index contributed by atoms with van der Waals surface area (Å²) in [6.07, 6.45) is 0. The largest absolute Gasteiger partial charge is 0.497 e. The van der Waals surface area contributed by atoms with Gasteiger partial charge in [-0.2, -0.15) is 0 Å². The second kappa shape index (κ2) is 8.25. The highest BCUT2D eigenvalue weighted by Gasteiger charge is 2.18. The molecule has 1 unspecified atom stereocenters. The van der Waals surface area contributed by atoms with E-state index in [1.807, 2.05) is 43.1 Å². The van der Waals surface area contributed by atoms with E-state index in [0.717, 1.165) is 11.3 Å². The van der Waals surface area contributed by atoms with Crippen molar-refractivity contribution in [2.24, 2.45) is 0 Å². The van der Waals surface area contributed by atoms with Crippen molar-refractivity contribution in [2.45, 2.75) is 19.5 Å². The third-order valence-electron chi connectivity index (χ3n) is 3.98. The smallest absolute Gasteiger partial charge is 0.269 e. The summed E-state index contributed by atoms with van der Waals surface area (Å²) >= 11 is 0. The highest BCUT2D eigenvalue weighted by Crippen LogP contribution is 2.17. The van der Waals surface area contributed by atoms with Gasteiger partial charge < -0.3 is 10.1 Å². The molecular formula is C18H21N3O4. The zero-order valence-electron chi connectivity index (χ0n) is 14.4. The Kier molecular flexibility index (Phi) is 6.08. The molecule has 1 atom stereocenters. The molecule has 0 radical (unpaired) electrons. The number of methoxy groups -OCH3 is 1. The van der Waals surface area contributed by atoms with E-state index < -0.39 is 4.92 Å². The van der Waals surface area contributed by atoms with Gasteiger partial charge in [0.1, 0.15) is 5.75 Å². The minimum atomic E-state index is -0.475. The van der Waals surface area contributed by atoms with Crippen LogP contribution in [0.2, 0.25) is 0 Å². The topological polar surface area (TPSA) is 84.7 Å². The van der Waals surface area contributed by atoms with Gasteiger partial charge >= 0.3 is 0 Å². The second-order valence-corrected chi connectivity index (χ2v) is 5.73. The van der Waals surface area contributed by atoms with Gasteiger partial charge in [-0.1, -0.05) is 12.1 Å². The van der Waals surface area contributed by atoms with Crippen LogP contribution < -0.4 is 10.1 Å². The maximum atomic E-state index is 12.4. The standard InChI is InChI=1S/C18H21N3O4/c1-13(20(2)12-14-4-10-17(25-3)11-5-14)18(22)19-15-6-8-16(9-7-15)21(23)24/h4-11,13H,12H2,1-3H3,(H,19,22). The third kappa shape index (κ3) is 5.02. The Labute approximate surface area is 146 Å². The SMILES string of the molecule is COc1ccc(CN(C)C(C)C(=O)Nc2ccc([N+](=O)[O-])cc2)cc1. The Morgan fingerprint density at radius 2 is 1.80 bits per heavy atom. The first-order valence-corrected chi connectivity index (χ1v) is 7.79. The average Bonchev–Trinajstić information content (AvgIpc) is 2.62. The van der Waals surface area contributed by atoms with Crippen molar-refractivity contribution in [2.75, 3.05) is 19.5 Å². The number of ether oxygens (including phenoxy) is 1. The number of nitro benzene ring substituents is 1. The van der Waals surface area contributed by atoms with Gasteiger partial charge in [-0.15, -0.1) is 0 Å². The molecule has 2 rings (SSSR count). The zero-order valence-corrected chi connectivity index (χ0v) is 14.4. The molecule has 1 N–H and O–H groups in total. The summed E-state index contributed by atoms with van der Waals surface area (Å²) in [7, 11) is 3.48. The average molecular weight is 343 g/mol. The summed E-state index contributed by atoms with van der Waals surface area (Å²) in [5, 5.41) is 13.4. The Bertz CT molecular complexity index is 729. The predicted molar refractivity (Wildman–Crippen MR) is 95.6 cm³/mol. The summed E-state index contributed by atoms with van der Waals surface area (Å²) in [6, 6.07) is 13.1. The van der Waals surface area contributed by atoms with E-state index in [1.54, 1.807) is 7.11 Å². The lowest BCUT2D eigenvalue weighted by Gasteiger charge is -2.24. The van der Waals surface area contributed by atoms with E-state index in [-0.39, 0.29) is 17.6 Å². The summed E-state index contributed by atoms with van der Waals surface area (Å²) in [5.41, 5.74) is 1.58. The molecule has 0 saturated heterocycles. The lowest BCUT2D eigenvalue weighted by atomic mass is 10.1. The van der Waals surface area contributed by atoms with Crippen molar-refractivity contribution < 1.29 is 14.5 Å². The number of likely N-dealkylation sites (N-methyl/N-ethyl adjacent to an activating group) is 1. The molecule has 0 aliphatic rings. The number of hydrogen-bond acceptors (Lipinski definition) is 5. The predicted octanol–water partition coefficient (Wildman–Crippen LogP) is 3.06. The molecule has 7 heteroatoms. The van der Waals surface area contributed by atoms with Crippen LogP contribution in [0.5, 0.6) is 5.75 Å². The molecule has 0 heterocycles. The van der Waals surface area contributed by atoms with Crippen LogP contribution in [-0.2, 0) is 11.3 Å². The highest BCUT2D eigenvalue weighted by atomic mass is 16.6. The molecule has 0 bridgehead atoms. The Morgan fingerprint density at radius 1 is 1.20 bits per heavy atom. The first-order valence-electron chi connectivity index (χ1n) is 7.79. The monoisotopic (exact) mass is 343 g/mol. The second-order valence-electron chi connectivity index (χ2n) is 5.73. The Balaban J connectivity index is 1.94. The number of non-ortho nitro benzene ring substituents is 1. The molecule has 1 amide bonds. The maximum absolute atomic E-state index is 12.4. The van der Waals surface area contributed by atoms with Crippen LogP contribution in [0.25, 0.3) is 0 Å². The van der Waals surface area contributed by atoms with Crippen LogP contribution in [0.15, 0.2) is 48.5 Å². The number of hydrogen-bond donors (Lipinski definition) is 1. The number of benzene rings is 2. The van der Waals surface area contributed by atoms with E-state index in [9.17, 15) is 14.9 Å². The molecule has 0 aliphatic heterocycles. The van der Waals surface area contributed by atoms with Gasteiger partial charge in [0, 0.05) is 24.4 Å². The van der Waals surface area contributed by atoms with Gasteiger partial charge in [-0.25, -0.2) is 0 Å². The van der Waals surface area contributed by atoms with E-state index in [0.29, 0.717) is 12.2 Å². The molecule has 2 aromatic rings. The van der Waals surface area contributed by atoms with Gasteiger partial charge in [-0.05, 0) is 43.8 Å². The van der Waals surface area contributed by atoms with Crippen molar-refractivity contribution in [1.29, 1.82) is 0 Å². The number of nitro groups is 1. The molecule has 2 aromatic carbocycles. The lowest BCUT2D eigenvalue weighted by Crippen LogP contribution is -2.39. The highest BCUT2D eigenvalue weighted by molar-refractivity contribution is 5.94. The first-order chi connectivity index (χ1) is 11.9. The Morgan fingerprint density at radius 3 is 2.32 bits per heavy atom. The number of carbonyl (C=O) groups is 1. The van der Waals surface area contributed by atoms with E-state index >= 15 is 0 Å². The van der Waals surface area contributed by atoms with Crippen LogP contribution in [-0.4, -0.2) is 35.9 Å². The van der Waals surface area contributed by atoms with Crippen molar-refractivity contribution in [3.05, 3.63) is 64.2 Å². The lowest BCUT2D eigenvalue weighted by molar-refractivity contribution is -0.384. The van der Waals surface area contributed by atoms with Crippen LogP contribution in [0.4, 0.5) is 11.4 Å². The van der Waals surface area contributed by atoms with E-state index in [4.69, 9.17) is 4.74 Å². The zero-order chi connectivity index (χ0) is 18.4. The number of nitrogens with zero attached hydrogens (tertiary/aromatic N) is 2. The molecule has 0 saturated carbocycles. The summed E-state index contributed by atoms with van der Waals surface area (Å²) < 4.78 is 5.13. The molecule has 25 heavy (non-hydrogen) atoms. The number of carbonyl (C=O) groups excluding carboxylic acids is 1. The van der Waals surface area contributed by atoms with Gasteiger partial charge in [0.15, 0.2) is 0 Å². The number of rotatable bonds is 7. The van der Waals surface area contributed by atoms with Crippen molar-refractivity contribution in [3.8, 4) is 5.75 Å². The van der Waals surface area contributed by atoms with Crippen LogP contribution >= 0.6 is 0 Å². The van der Waals surface area contributed by atoms with Gasteiger partial charge in [-0.3, -0.25) is 19.8 Å². The van der Waals surface area contributed by atoms with Gasteiger partial charge in [0.05, 0.1) is 18.1 Å². The Hall–Kier alpha value is -2.93. The van der Waals surface area contributed by atoms with Gasteiger partial charge in [0.2, 0.25) is 5.91 Å². The van der Waals surface area contributed by atoms with Crippen molar-refractivity contribution in [3.63, 3.8) is 0 Å². The van der Waals surface area contributed by atoms with Crippen LogP contribution in [0.3, 0.4) is 0 Å². The number of anilines is 1. The molecule has 0 aromatic heterocycles. The molecule has 7 nitrogen and oxygen atoms in total. The first kappa shape index (κ1) is 18.4.